The van der Waals surface area contributed by atoms with Gasteiger partial charge in [0, 0.05) is 19.3 Å². The summed E-state index contributed by atoms with van der Waals surface area (Å²) in [6, 6.07) is 0. The normalized spacial score (nSPS) is 14.0. The van der Waals surface area contributed by atoms with Crippen molar-refractivity contribution in [3.63, 3.8) is 0 Å². The lowest BCUT2D eigenvalue weighted by Crippen LogP contribution is -2.38. The van der Waals surface area contributed by atoms with Gasteiger partial charge in [-0.2, -0.15) is 0 Å². The Kier molecular flexibility index (Phi) is 4.89. The van der Waals surface area contributed by atoms with E-state index in [1.165, 1.54) is 0 Å². The lowest BCUT2D eigenvalue weighted by molar-refractivity contribution is -0.125. The van der Waals surface area contributed by atoms with E-state index in [1.54, 1.807) is 0 Å². The molecular weight excluding hydrogens is 196 g/mol. The quantitative estimate of drug-likeness (QED) is 0.419. The van der Waals surface area contributed by atoms with Crippen molar-refractivity contribution in [2.24, 2.45) is 5.73 Å². The van der Waals surface area contributed by atoms with E-state index in [1.807, 2.05) is 0 Å². The summed E-state index contributed by atoms with van der Waals surface area (Å²) in [5.74, 6) is -0.856. The monoisotopic (exact) mass is 210 g/mol. The molecule has 0 radical (unpaired) electrons. The lowest BCUT2D eigenvalue weighted by Gasteiger charge is -2.06. The average Bonchev–Trinajstić information content (AvgIpc) is 1.95. The summed E-state index contributed by atoms with van der Waals surface area (Å²) in [5, 5.41) is 11.5. The van der Waals surface area contributed by atoms with E-state index in [0.29, 0.717) is 0 Å². The molecule has 0 spiro atoms. The van der Waals surface area contributed by atoms with Crippen molar-refractivity contribution in [2.45, 2.75) is 6.10 Å². The van der Waals surface area contributed by atoms with Crippen LogP contribution in [0.1, 0.15) is 0 Å². The van der Waals surface area contributed by atoms with Gasteiger partial charge < -0.3 is 16.2 Å². The molecule has 0 aliphatic carbocycles. The SMILES string of the molecule is CS(=O)(=O)CCNCC(O)C(N)=O. The average molecular weight is 210 g/mol. The van der Waals surface area contributed by atoms with Gasteiger partial charge in [-0.25, -0.2) is 8.42 Å². The molecule has 7 heteroatoms. The Morgan fingerprint density at radius 3 is 2.54 bits per heavy atom. The molecule has 0 aromatic heterocycles. The predicted molar refractivity (Wildman–Crippen MR) is 47.8 cm³/mol. The van der Waals surface area contributed by atoms with Gasteiger partial charge in [0.05, 0.1) is 5.75 Å². The Balaban J connectivity index is 3.53. The van der Waals surface area contributed by atoms with E-state index < -0.39 is 21.8 Å². The Labute approximate surface area is 77.0 Å². The largest absolute Gasteiger partial charge is 0.382 e. The van der Waals surface area contributed by atoms with Crippen molar-refractivity contribution in [2.75, 3.05) is 25.1 Å². The van der Waals surface area contributed by atoms with E-state index in [-0.39, 0.29) is 18.8 Å². The summed E-state index contributed by atoms with van der Waals surface area (Å²) < 4.78 is 21.2. The highest BCUT2D eigenvalue weighted by Crippen LogP contribution is 1.81. The van der Waals surface area contributed by atoms with E-state index >= 15 is 0 Å². The molecule has 0 saturated heterocycles. The number of hydrogen-bond donors (Lipinski definition) is 3. The summed E-state index contributed by atoms with van der Waals surface area (Å²) in [7, 11) is -3.00. The minimum Gasteiger partial charge on any atom is -0.382 e. The predicted octanol–water partition coefficient (Wildman–Crippen LogP) is -2.53. The van der Waals surface area contributed by atoms with Gasteiger partial charge in [0.15, 0.2) is 0 Å². The van der Waals surface area contributed by atoms with Crippen LogP contribution in [0.4, 0.5) is 0 Å². The fourth-order valence-corrected chi connectivity index (χ4v) is 1.11. The zero-order chi connectivity index (χ0) is 10.5. The van der Waals surface area contributed by atoms with Gasteiger partial charge in [0.25, 0.3) is 0 Å². The zero-order valence-corrected chi connectivity index (χ0v) is 8.17. The summed E-state index contributed by atoms with van der Waals surface area (Å²) in [4.78, 5) is 10.3. The zero-order valence-electron chi connectivity index (χ0n) is 7.36. The highest BCUT2D eigenvalue weighted by atomic mass is 32.2. The van der Waals surface area contributed by atoms with Crippen molar-refractivity contribution in [3.05, 3.63) is 0 Å². The molecule has 0 aromatic rings. The summed E-state index contributed by atoms with van der Waals surface area (Å²) in [6.07, 6.45) is -0.154. The van der Waals surface area contributed by atoms with Gasteiger partial charge in [0.2, 0.25) is 5.91 Å². The van der Waals surface area contributed by atoms with Crippen LogP contribution in [0.25, 0.3) is 0 Å². The maximum absolute atomic E-state index is 10.6. The van der Waals surface area contributed by atoms with Crippen molar-refractivity contribution in [1.82, 2.24) is 5.32 Å². The van der Waals surface area contributed by atoms with Crippen molar-refractivity contribution < 1.29 is 18.3 Å². The summed E-state index contributed by atoms with van der Waals surface area (Å²) in [5.41, 5.74) is 4.76. The number of aliphatic hydroxyl groups is 1. The van der Waals surface area contributed by atoms with Crippen LogP contribution in [0.2, 0.25) is 0 Å². The first kappa shape index (κ1) is 12.3. The molecule has 0 aliphatic heterocycles. The number of rotatable bonds is 6. The molecule has 1 atom stereocenters. The first-order valence-corrected chi connectivity index (χ1v) is 5.75. The number of carbonyl (C=O) groups is 1. The van der Waals surface area contributed by atoms with Crippen LogP contribution in [0.15, 0.2) is 0 Å². The minimum absolute atomic E-state index is 0.0230. The van der Waals surface area contributed by atoms with E-state index in [9.17, 15) is 13.2 Å². The molecule has 13 heavy (non-hydrogen) atoms. The standard InChI is InChI=1S/C6H14N2O4S/c1-13(11,12)3-2-8-4-5(9)6(7)10/h5,8-9H,2-4H2,1H3,(H2,7,10). The van der Waals surface area contributed by atoms with Crippen LogP contribution < -0.4 is 11.1 Å². The second-order valence-electron chi connectivity index (χ2n) is 2.75. The molecule has 4 N–H and O–H groups in total. The first-order valence-electron chi connectivity index (χ1n) is 3.69. The van der Waals surface area contributed by atoms with Gasteiger partial charge in [0.1, 0.15) is 15.9 Å². The molecule has 0 saturated carbocycles. The van der Waals surface area contributed by atoms with Crippen LogP contribution in [0.5, 0.6) is 0 Å². The van der Waals surface area contributed by atoms with Crippen molar-refractivity contribution >= 4 is 15.7 Å². The number of hydrogen-bond acceptors (Lipinski definition) is 5. The summed E-state index contributed by atoms with van der Waals surface area (Å²) in [6.45, 7) is 0.175. The number of aliphatic hydroxyl groups excluding tert-OH is 1. The van der Waals surface area contributed by atoms with E-state index in [4.69, 9.17) is 10.8 Å². The van der Waals surface area contributed by atoms with Crippen LogP contribution in [0, 0.1) is 0 Å². The van der Waals surface area contributed by atoms with Crippen molar-refractivity contribution in [3.8, 4) is 0 Å². The molecule has 78 valence electrons. The molecule has 1 amide bonds. The number of amides is 1. The van der Waals surface area contributed by atoms with Gasteiger partial charge >= 0.3 is 0 Å². The maximum atomic E-state index is 10.6. The minimum atomic E-state index is -3.00. The smallest absolute Gasteiger partial charge is 0.247 e. The third kappa shape index (κ3) is 7.69. The summed E-state index contributed by atoms with van der Waals surface area (Å²) >= 11 is 0. The highest BCUT2D eigenvalue weighted by Gasteiger charge is 2.09. The number of primary amides is 1. The van der Waals surface area contributed by atoms with E-state index in [2.05, 4.69) is 5.32 Å². The lowest BCUT2D eigenvalue weighted by atomic mass is 10.3. The second kappa shape index (κ2) is 5.15. The van der Waals surface area contributed by atoms with E-state index in [0.717, 1.165) is 6.26 Å². The molecule has 0 aromatic carbocycles. The number of carbonyl (C=O) groups excluding carboxylic acids is 1. The Bertz CT molecular complexity index is 262. The molecule has 1 unspecified atom stereocenters. The van der Waals surface area contributed by atoms with Gasteiger partial charge in [-0.05, 0) is 0 Å². The Morgan fingerprint density at radius 2 is 2.15 bits per heavy atom. The second-order valence-corrected chi connectivity index (χ2v) is 5.01. The third-order valence-corrected chi connectivity index (χ3v) is 2.26. The Morgan fingerprint density at radius 1 is 1.62 bits per heavy atom. The highest BCUT2D eigenvalue weighted by molar-refractivity contribution is 7.90. The maximum Gasteiger partial charge on any atom is 0.247 e. The molecular formula is C6H14N2O4S. The third-order valence-electron chi connectivity index (χ3n) is 1.32. The molecule has 0 aliphatic rings. The van der Waals surface area contributed by atoms with Gasteiger partial charge in [-0.1, -0.05) is 0 Å². The fraction of sp³-hybridized carbons (Fsp3) is 0.833. The molecule has 0 bridgehead atoms. The van der Waals surface area contributed by atoms with Crippen LogP contribution in [0.3, 0.4) is 0 Å². The van der Waals surface area contributed by atoms with Crippen LogP contribution in [-0.4, -0.2) is 50.6 Å². The van der Waals surface area contributed by atoms with Crippen molar-refractivity contribution in [1.29, 1.82) is 0 Å². The molecule has 6 nitrogen and oxygen atoms in total. The van der Waals surface area contributed by atoms with Gasteiger partial charge in [-0.15, -0.1) is 0 Å². The number of sulfone groups is 1. The topological polar surface area (TPSA) is 109 Å². The van der Waals surface area contributed by atoms with Crippen LogP contribution in [-0.2, 0) is 14.6 Å². The van der Waals surface area contributed by atoms with Crippen LogP contribution >= 0.6 is 0 Å². The molecule has 0 fully saturated rings. The number of nitrogens with two attached hydrogens (primary N) is 1. The number of nitrogens with one attached hydrogen (secondary N) is 1. The fourth-order valence-electron chi connectivity index (χ4n) is 0.597. The Hall–Kier alpha value is -0.660. The van der Waals surface area contributed by atoms with Gasteiger partial charge in [-0.3, -0.25) is 4.79 Å². The molecule has 0 heterocycles. The molecule has 0 rings (SSSR count). The first-order chi connectivity index (χ1) is 5.83.